The van der Waals surface area contributed by atoms with Gasteiger partial charge in [0.25, 0.3) is 0 Å². The van der Waals surface area contributed by atoms with Crippen LogP contribution in [0.25, 0.3) is 11.2 Å². The zero-order chi connectivity index (χ0) is 41.4. The maximum Gasteiger partial charge on any atom is 0.481 e. The first kappa shape index (κ1) is 46.9. The number of hydrogen-bond acceptors (Lipinski definition) is 19. The maximum absolute atomic E-state index is 12.7. The molecule has 4 unspecified atom stereocenters. The Labute approximate surface area is 317 Å². The highest BCUT2D eigenvalue weighted by atomic mass is 32.2. The number of ether oxygens (including phenoxy) is 1. The standard InChI is InChI=1S/C26H44N7O18P3S/c1-14(34)4-5-17(36)55-9-8-28-16(35)6-7-29-24(39)21(38)26(2,3)11-48-54(45,46)51-53(43,44)47-10-15-20(50-52(40,41)42)19(37)25(49-15)33-13-32-18-22(27)30-12-31-23(18)33/h12-15,19-21,25,34,37-38H,4-11H2,1-3H3,(H,28,35)(H,29,39)(H,43,44)(H,45,46)(H2,27,30,31)(H2,40,41,42)/t14?,15-,19-,20-,21?,25-/m1/s1. The molecule has 1 fully saturated rings. The van der Waals surface area contributed by atoms with E-state index in [1.165, 1.54) is 13.8 Å². The van der Waals surface area contributed by atoms with Crippen molar-refractivity contribution >= 4 is 69.1 Å². The number of carbonyl (C=O) groups is 3. The maximum atomic E-state index is 12.7. The Hall–Kier alpha value is -2.48. The zero-order valence-corrected chi connectivity index (χ0v) is 33.0. The number of nitrogens with two attached hydrogens (primary N) is 1. The molecule has 312 valence electrons. The lowest BCUT2D eigenvalue weighted by Crippen LogP contribution is -2.46. The van der Waals surface area contributed by atoms with Gasteiger partial charge in [0.15, 0.2) is 22.8 Å². The van der Waals surface area contributed by atoms with Crippen molar-refractivity contribution in [1.29, 1.82) is 0 Å². The molecule has 25 nitrogen and oxygen atoms in total. The summed E-state index contributed by atoms with van der Waals surface area (Å²) in [5, 5.41) is 35.4. The number of amides is 2. The predicted molar refractivity (Wildman–Crippen MR) is 188 cm³/mol. The van der Waals surface area contributed by atoms with Gasteiger partial charge in [-0.2, -0.15) is 4.31 Å². The SMILES string of the molecule is CC(O)CCC(=O)SCCNC(=O)CCNC(=O)C(O)C(C)(C)COP(=O)(O)OP(=O)(O)OC[C@H]1O[C@@H](n2cnc3c(N)ncnc32)[C@H](O)[C@@H]1OP(=O)(O)O. The minimum Gasteiger partial charge on any atom is -0.393 e. The third-order valence-electron chi connectivity index (χ3n) is 7.53. The molecule has 2 aromatic rings. The van der Waals surface area contributed by atoms with E-state index in [9.17, 15) is 63.0 Å². The quantitative estimate of drug-likeness (QED) is 0.0492. The Morgan fingerprint density at radius 2 is 1.71 bits per heavy atom. The molecule has 1 aliphatic heterocycles. The molecule has 1 aliphatic rings. The normalized spacial score (nSPS) is 22.4. The number of fused-ring (bicyclic) bond motifs is 1. The molecule has 2 aromatic heterocycles. The third-order valence-corrected chi connectivity index (χ3v) is 11.6. The van der Waals surface area contributed by atoms with Gasteiger partial charge in [0.2, 0.25) is 11.8 Å². The number of phosphoric acid groups is 3. The van der Waals surface area contributed by atoms with Gasteiger partial charge >= 0.3 is 23.5 Å². The molecular formula is C26H44N7O18P3S. The predicted octanol–water partition coefficient (Wildman–Crippen LogP) is -1.17. The Bertz CT molecular complexity index is 1800. The van der Waals surface area contributed by atoms with Gasteiger partial charge in [-0.1, -0.05) is 25.6 Å². The van der Waals surface area contributed by atoms with Crippen molar-refractivity contribution in [2.75, 3.05) is 37.8 Å². The summed E-state index contributed by atoms with van der Waals surface area (Å²) in [6, 6.07) is 0. The second kappa shape index (κ2) is 19.8. The fraction of sp³-hybridized carbons (Fsp3) is 0.692. The summed E-state index contributed by atoms with van der Waals surface area (Å²) in [6.07, 6.45) is -7.05. The van der Waals surface area contributed by atoms with Crippen molar-refractivity contribution in [1.82, 2.24) is 30.2 Å². The van der Waals surface area contributed by atoms with E-state index in [-0.39, 0.29) is 48.0 Å². The van der Waals surface area contributed by atoms with E-state index in [2.05, 4.69) is 34.4 Å². The smallest absolute Gasteiger partial charge is 0.393 e. The molecule has 0 bridgehead atoms. The van der Waals surface area contributed by atoms with E-state index in [4.69, 9.17) is 19.5 Å². The van der Waals surface area contributed by atoms with Gasteiger partial charge in [-0.25, -0.2) is 28.6 Å². The van der Waals surface area contributed by atoms with Crippen LogP contribution in [0.1, 0.15) is 46.3 Å². The molecule has 29 heteroatoms. The number of aliphatic hydroxyl groups excluding tert-OH is 3. The number of thioether (sulfide) groups is 1. The van der Waals surface area contributed by atoms with Gasteiger partial charge in [-0.15, -0.1) is 0 Å². The van der Waals surface area contributed by atoms with Crippen molar-refractivity contribution in [3.8, 4) is 0 Å². The molecule has 0 radical (unpaired) electrons. The molecule has 0 aliphatic carbocycles. The molecule has 0 spiro atoms. The van der Waals surface area contributed by atoms with Crippen molar-refractivity contribution in [3.05, 3.63) is 12.7 Å². The van der Waals surface area contributed by atoms with Crippen LogP contribution in [-0.4, -0.2) is 134 Å². The minimum atomic E-state index is -5.57. The zero-order valence-electron chi connectivity index (χ0n) is 29.5. The Kier molecular flexibility index (Phi) is 16.9. The number of rotatable bonds is 22. The Balaban J connectivity index is 1.49. The fourth-order valence-electron chi connectivity index (χ4n) is 4.69. The fourth-order valence-corrected chi connectivity index (χ4v) is 8.22. The van der Waals surface area contributed by atoms with Crippen LogP contribution in [0.2, 0.25) is 0 Å². The van der Waals surface area contributed by atoms with Crippen LogP contribution >= 0.6 is 35.2 Å². The highest BCUT2D eigenvalue weighted by Gasteiger charge is 2.50. The van der Waals surface area contributed by atoms with Crippen LogP contribution in [0, 0.1) is 5.41 Å². The lowest BCUT2D eigenvalue weighted by molar-refractivity contribution is -0.137. The van der Waals surface area contributed by atoms with E-state index in [1.807, 2.05) is 0 Å². The van der Waals surface area contributed by atoms with Crippen LogP contribution in [0.5, 0.6) is 0 Å². The van der Waals surface area contributed by atoms with Crippen molar-refractivity contribution in [2.24, 2.45) is 5.41 Å². The number of hydrogen-bond donors (Lipinski definition) is 10. The van der Waals surface area contributed by atoms with Gasteiger partial charge in [-0.3, -0.25) is 32.5 Å². The number of phosphoric ester groups is 3. The first-order chi connectivity index (χ1) is 25.4. The summed E-state index contributed by atoms with van der Waals surface area (Å²) in [6.45, 7) is 1.97. The minimum absolute atomic E-state index is 0.0265. The molecule has 0 aromatic carbocycles. The van der Waals surface area contributed by atoms with Gasteiger partial charge in [0.05, 0.1) is 25.6 Å². The van der Waals surface area contributed by atoms with E-state index in [1.54, 1.807) is 6.92 Å². The number of carbonyl (C=O) groups excluding carboxylic acids is 3. The van der Waals surface area contributed by atoms with E-state index in [0.717, 1.165) is 29.0 Å². The molecule has 3 heterocycles. The highest BCUT2D eigenvalue weighted by molar-refractivity contribution is 8.13. The number of nitrogens with zero attached hydrogens (tertiary/aromatic N) is 4. The molecule has 8 atom stereocenters. The molecule has 55 heavy (non-hydrogen) atoms. The molecule has 3 rings (SSSR count). The number of nitrogens with one attached hydrogen (secondary N) is 2. The third kappa shape index (κ3) is 14.8. The topological polar surface area (TPSA) is 384 Å². The van der Waals surface area contributed by atoms with Crippen LogP contribution < -0.4 is 16.4 Å². The highest BCUT2D eigenvalue weighted by Crippen LogP contribution is 2.61. The lowest BCUT2D eigenvalue weighted by atomic mass is 9.87. The summed E-state index contributed by atoms with van der Waals surface area (Å²) >= 11 is 1.00. The number of imidazole rings is 1. The Morgan fingerprint density at radius 3 is 2.36 bits per heavy atom. The van der Waals surface area contributed by atoms with Crippen LogP contribution in [0.15, 0.2) is 12.7 Å². The number of aliphatic hydroxyl groups is 3. The first-order valence-corrected chi connectivity index (χ1v) is 21.6. The van der Waals surface area contributed by atoms with E-state index >= 15 is 0 Å². The number of nitrogen functional groups attached to an aromatic ring is 1. The van der Waals surface area contributed by atoms with Crippen molar-refractivity contribution in [2.45, 2.75) is 76.8 Å². The average Bonchev–Trinajstić information content (AvgIpc) is 3.63. The van der Waals surface area contributed by atoms with Crippen LogP contribution in [-0.2, 0) is 50.7 Å². The second-order valence-corrected chi connectivity index (χ2v) is 18.1. The summed E-state index contributed by atoms with van der Waals surface area (Å²) in [5.74, 6) is -1.20. The van der Waals surface area contributed by atoms with E-state index < -0.39 is 90.7 Å². The van der Waals surface area contributed by atoms with Crippen LogP contribution in [0.4, 0.5) is 5.82 Å². The monoisotopic (exact) mass is 867 g/mol. The van der Waals surface area contributed by atoms with Crippen LogP contribution in [0.3, 0.4) is 0 Å². The summed E-state index contributed by atoms with van der Waals surface area (Å²) in [4.78, 5) is 87.1. The lowest BCUT2D eigenvalue weighted by Gasteiger charge is -2.30. The molecule has 0 saturated carbocycles. The molecule has 11 N–H and O–H groups in total. The average molecular weight is 868 g/mol. The molecular weight excluding hydrogens is 823 g/mol. The Morgan fingerprint density at radius 1 is 1.04 bits per heavy atom. The number of anilines is 1. The van der Waals surface area contributed by atoms with Crippen molar-refractivity contribution < 1.29 is 85.6 Å². The molecule has 2 amide bonds. The van der Waals surface area contributed by atoms with Gasteiger partial charge in [0.1, 0.15) is 36.3 Å². The molecule has 1 saturated heterocycles. The van der Waals surface area contributed by atoms with Gasteiger partial charge < -0.3 is 56.0 Å². The largest absolute Gasteiger partial charge is 0.481 e. The first-order valence-electron chi connectivity index (χ1n) is 16.1. The summed E-state index contributed by atoms with van der Waals surface area (Å²) in [7, 11) is -16.4. The second-order valence-electron chi connectivity index (χ2n) is 12.7. The van der Waals surface area contributed by atoms with Gasteiger partial charge in [-0.05, 0) is 13.3 Å². The number of aromatic nitrogens is 4. The van der Waals surface area contributed by atoms with E-state index in [0.29, 0.717) is 12.2 Å². The van der Waals surface area contributed by atoms with Crippen molar-refractivity contribution in [3.63, 3.8) is 0 Å². The summed E-state index contributed by atoms with van der Waals surface area (Å²) in [5.41, 5.74) is 4.24. The van der Waals surface area contributed by atoms with Gasteiger partial charge in [0, 0.05) is 37.1 Å². The summed E-state index contributed by atoms with van der Waals surface area (Å²) < 4.78 is 62.0.